The Hall–Kier alpha value is -2.56. The second kappa shape index (κ2) is 6.06. The lowest BCUT2D eigenvalue weighted by atomic mass is 10.1. The first kappa shape index (κ1) is 13.9. The Bertz CT molecular complexity index is 629. The molecule has 5 heteroatoms. The van der Waals surface area contributed by atoms with E-state index in [1.807, 2.05) is 24.3 Å². The van der Waals surface area contributed by atoms with Gasteiger partial charge in [-0.25, -0.2) is 4.39 Å². The number of hydrogen-bond acceptors (Lipinski definition) is 3. The molecule has 0 heterocycles. The molecule has 0 fully saturated rings. The van der Waals surface area contributed by atoms with E-state index in [4.69, 9.17) is 10.5 Å². The molecule has 0 aliphatic carbocycles. The van der Waals surface area contributed by atoms with Crippen LogP contribution in [0.2, 0.25) is 0 Å². The number of nitrogens with one attached hydrogen (secondary N) is 1. The maximum atomic E-state index is 13.6. The van der Waals surface area contributed by atoms with Gasteiger partial charge in [0.25, 0.3) is 0 Å². The van der Waals surface area contributed by atoms with E-state index in [1.165, 1.54) is 18.2 Å². The highest BCUT2D eigenvalue weighted by Crippen LogP contribution is 2.18. The van der Waals surface area contributed by atoms with Gasteiger partial charge in [0.1, 0.15) is 11.6 Å². The van der Waals surface area contributed by atoms with Gasteiger partial charge in [0.2, 0.25) is 5.91 Å². The lowest BCUT2D eigenvalue weighted by Crippen LogP contribution is -2.12. The predicted molar refractivity (Wildman–Crippen MR) is 75.2 cm³/mol. The summed E-state index contributed by atoms with van der Waals surface area (Å²) in [5.74, 6) is -0.289. The summed E-state index contributed by atoms with van der Waals surface area (Å²) >= 11 is 0. The van der Waals surface area contributed by atoms with Crippen LogP contribution in [0.5, 0.6) is 5.75 Å². The molecule has 4 nitrogen and oxygen atoms in total. The van der Waals surface area contributed by atoms with Crippen LogP contribution in [0.4, 0.5) is 10.1 Å². The number of hydrogen-bond donors (Lipinski definition) is 2. The first-order valence-corrected chi connectivity index (χ1v) is 6.06. The molecule has 0 saturated carbocycles. The highest BCUT2D eigenvalue weighted by molar-refractivity contribution is 5.93. The fourth-order valence-electron chi connectivity index (χ4n) is 1.79. The Balaban J connectivity index is 2.13. The standard InChI is InChI=1S/C15H15FN2O2/c1-20-12-4-2-3-10(7-12)9-18-14-8-11(15(17)19)5-6-13(14)16/h2-8,18H,9H2,1H3,(H2,17,19). The maximum absolute atomic E-state index is 13.6. The molecule has 1 amide bonds. The Labute approximate surface area is 116 Å². The van der Waals surface area contributed by atoms with Gasteiger partial charge in [-0.15, -0.1) is 0 Å². The minimum Gasteiger partial charge on any atom is -0.497 e. The van der Waals surface area contributed by atoms with Crippen molar-refractivity contribution in [3.8, 4) is 5.75 Å². The van der Waals surface area contributed by atoms with Gasteiger partial charge in [0.05, 0.1) is 12.8 Å². The number of nitrogens with two attached hydrogens (primary N) is 1. The number of carbonyl (C=O) groups is 1. The van der Waals surface area contributed by atoms with Crippen LogP contribution in [-0.2, 0) is 6.54 Å². The van der Waals surface area contributed by atoms with Crippen LogP contribution in [0.3, 0.4) is 0 Å². The van der Waals surface area contributed by atoms with Crippen molar-refractivity contribution in [2.45, 2.75) is 6.54 Å². The van der Waals surface area contributed by atoms with Crippen molar-refractivity contribution in [2.24, 2.45) is 5.73 Å². The third-order valence-electron chi connectivity index (χ3n) is 2.87. The molecule has 0 radical (unpaired) electrons. The average Bonchev–Trinajstić information content (AvgIpc) is 2.46. The highest BCUT2D eigenvalue weighted by Gasteiger charge is 2.07. The summed E-state index contributed by atoms with van der Waals surface area (Å²) in [6.07, 6.45) is 0. The van der Waals surface area contributed by atoms with Crippen molar-refractivity contribution in [3.05, 3.63) is 59.4 Å². The zero-order valence-corrected chi connectivity index (χ0v) is 11.0. The van der Waals surface area contributed by atoms with E-state index in [-0.39, 0.29) is 11.3 Å². The van der Waals surface area contributed by atoms with Crippen molar-refractivity contribution in [1.82, 2.24) is 0 Å². The molecule has 3 N–H and O–H groups in total. The molecular formula is C15H15FN2O2. The Morgan fingerprint density at radius 2 is 2.10 bits per heavy atom. The van der Waals surface area contributed by atoms with Gasteiger partial charge in [-0.2, -0.15) is 0 Å². The average molecular weight is 274 g/mol. The Morgan fingerprint density at radius 1 is 1.30 bits per heavy atom. The van der Waals surface area contributed by atoms with Crippen molar-refractivity contribution < 1.29 is 13.9 Å². The van der Waals surface area contributed by atoms with Gasteiger partial charge in [-0.3, -0.25) is 4.79 Å². The molecule has 2 rings (SSSR count). The van der Waals surface area contributed by atoms with Gasteiger partial charge in [0, 0.05) is 12.1 Å². The number of primary amides is 1. The van der Waals surface area contributed by atoms with Crippen molar-refractivity contribution in [3.63, 3.8) is 0 Å². The smallest absolute Gasteiger partial charge is 0.248 e. The van der Waals surface area contributed by atoms with Gasteiger partial charge >= 0.3 is 0 Å². The van der Waals surface area contributed by atoms with E-state index in [2.05, 4.69) is 5.32 Å². The molecule has 0 saturated heterocycles. The number of amides is 1. The zero-order chi connectivity index (χ0) is 14.5. The molecule has 2 aromatic rings. The van der Waals surface area contributed by atoms with E-state index in [0.717, 1.165) is 11.3 Å². The molecular weight excluding hydrogens is 259 g/mol. The van der Waals surface area contributed by atoms with Crippen molar-refractivity contribution >= 4 is 11.6 Å². The summed E-state index contributed by atoms with van der Waals surface area (Å²) in [5, 5.41) is 2.94. The number of carbonyl (C=O) groups excluding carboxylic acids is 1. The molecule has 2 aromatic carbocycles. The monoisotopic (exact) mass is 274 g/mol. The second-order valence-corrected chi connectivity index (χ2v) is 4.26. The van der Waals surface area contributed by atoms with E-state index in [1.54, 1.807) is 7.11 Å². The number of benzene rings is 2. The first-order valence-electron chi connectivity index (χ1n) is 6.06. The summed E-state index contributed by atoms with van der Waals surface area (Å²) in [7, 11) is 1.59. The molecule has 0 aromatic heterocycles. The second-order valence-electron chi connectivity index (χ2n) is 4.26. The summed E-state index contributed by atoms with van der Waals surface area (Å²) in [6, 6.07) is 11.4. The number of rotatable bonds is 5. The zero-order valence-electron chi connectivity index (χ0n) is 11.0. The van der Waals surface area contributed by atoms with Gasteiger partial charge < -0.3 is 15.8 Å². The van der Waals surface area contributed by atoms with Crippen LogP contribution in [0.25, 0.3) is 0 Å². The SMILES string of the molecule is COc1cccc(CNc2cc(C(N)=O)ccc2F)c1. The topological polar surface area (TPSA) is 64.3 Å². The van der Waals surface area contributed by atoms with E-state index >= 15 is 0 Å². The fourth-order valence-corrected chi connectivity index (χ4v) is 1.79. The maximum Gasteiger partial charge on any atom is 0.248 e. The Morgan fingerprint density at radius 3 is 2.80 bits per heavy atom. The van der Waals surface area contributed by atoms with Crippen molar-refractivity contribution in [2.75, 3.05) is 12.4 Å². The first-order chi connectivity index (χ1) is 9.60. The van der Waals surface area contributed by atoms with Gasteiger partial charge in [0.15, 0.2) is 0 Å². The molecule has 104 valence electrons. The fraction of sp³-hybridized carbons (Fsp3) is 0.133. The summed E-state index contributed by atoms with van der Waals surface area (Å²) < 4.78 is 18.8. The van der Waals surface area contributed by atoms with Crippen LogP contribution in [-0.4, -0.2) is 13.0 Å². The summed E-state index contributed by atoms with van der Waals surface area (Å²) in [5.41, 5.74) is 6.61. The Kier molecular flexibility index (Phi) is 4.20. The van der Waals surface area contributed by atoms with Crippen LogP contribution in [0, 0.1) is 5.82 Å². The van der Waals surface area contributed by atoms with Crippen LogP contribution < -0.4 is 15.8 Å². The van der Waals surface area contributed by atoms with E-state index in [9.17, 15) is 9.18 Å². The summed E-state index contributed by atoms with van der Waals surface area (Å²) in [6.45, 7) is 0.413. The van der Waals surface area contributed by atoms with E-state index in [0.29, 0.717) is 6.54 Å². The van der Waals surface area contributed by atoms with E-state index < -0.39 is 11.7 Å². The normalized spacial score (nSPS) is 10.1. The van der Waals surface area contributed by atoms with Crippen LogP contribution >= 0.6 is 0 Å². The molecule has 20 heavy (non-hydrogen) atoms. The quantitative estimate of drug-likeness (QED) is 0.880. The van der Waals surface area contributed by atoms with Crippen molar-refractivity contribution in [1.29, 1.82) is 0 Å². The molecule has 0 aliphatic rings. The largest absolute Gasteiger partial charge is 0.497 e. The third kappa shape index (κ3) is 3.26. The predicted octanol–water partition coefficient (Wildman–Crippen LogP) is 2.55. The number of methoxy groups -OCH3 is 1. The highest BCUT2D eigenvalue weighted by atomic mass is 19.1. The van der Waals surface area contributed by atoms with Gasteiger partial charge in [-0.1, -0.05) is 12.1 Å². The third-order valence-corrected chi connectivity index (χ3v) is 2.87. The minimum absolute atomic E-state index is 0.240. The lowest BCUT2D eigenvalue weighted by molar-refractivity contribution is 0.100. The summed E-state index contributed by atoms with van der Waals surface area (Å²) in [4.78, 5) is 11.1. The van der Waals surface area contributed by atoms with Crippen LogP contribution in [0.15, 0.2) is 42.5 Å². The molecule has 0 aliphatic heterocycles. The molecule has 0 bridgehead atoms. The number of halogens is 1. The number of ether oxygens (including phenoxy) is 1. The molecule has 0 atom stereocenters. The van der Waals surface area contributed by atoms with Gasteiger partial charge in [-0.05, 0) is 35.9 Å². The molecule has 0 spiro atoms. The minimum atomic E-state index is -0.588. The molecule has 0 unspecified atom stereocenters. The lowest BCUT2D eigenvalue weighted by Gasteiger charge is -2.09. The van der Waals surface area contributed by atoms with Crippen LogP contribution in [0.1, 0.15) is 15.9 Å². The number of anilines is 1.